The van der Waals surface area contributed by atoms with E-state index in [4.69, 9.17) is 0 Å². The molecule has 0 saturated carbocycles. The first kappa shape index (κ1) is 15.7. The molecule has 0 bridgehead atoms. The minimum Gasteiger partial charge on any atom is -0.342 e. The van der Waals surface area contributed by atoms with Crippen molar-refractivity contribution in [3.8, 4) is 0 Å². The summed E-state index contributed by atoms with van der Waals surface area (Å²) in [4.78, 5) is 14.2. The van der Waals surface area contributed by atoms with Crippen LogP contribution < -0.4 is 10.0 Å². The fourth-order valence-corrected chi connectivity index (χ4v) is 3.79. The molecule has 0 aliphatic carbocycles. The topological polar surface area (TPSA) is 78.5 Å². The lowest BCUT2D eigenvalue weighted by atomic mass is 9.96. The van der Waals surface area contributed by atoms with Gasteiger partial charge in [-0.3, -0.25) is 4.79 Å². The number of carbonyl (C=O) groups excluding carboxylic acids is 1. The van der Waals surface area contributed by atoms with Crippen molar-refractivity contribution < 1.29 is 13.2 Å². The number of hydrogen-bond acceptors (Lipinski definition) is 4. The molecule has 2 saturated heterocycles. The summed E-state index contributed by atoms with van der Waals surface area (Å²) in [6.45, 7) is 4.74. The zero-order valence-electron chi connectivity index (χ0n) is 12.1. The number of sulfonamides is 1. The van der Waals surface area contributed by atoms with Crippen LogP contribution in [0.25, 0.3) is 0 Å². The number of rotatable bonds is 4. The van der Waals surface area contributed by atoms with Crippen LogP contribution in [0.4, 0.5) is 0 Å². The standard InChI is InChI=1S/C13H25N3O3S/c1-2-20(18,19)15-12-5-8-16(9-6-12)13(17)11-4-3-7-14-10-11/h11-12,14-15H,2-10H2,1H3/t11-/m1/s1. The Morgan fingerprint density at radius 1 is 1.30 bits per heavy atom. The lowest BCUT2D eigenvalue weighted by molar-refractivity contribution is -0.137. The van der Waals surface area contributed by atoms with E-state index in [2.05, 4.69) is 10.0 Å². The van der Waals surface area contributed by atoms with Crippen LogP contribution in [0.1, 0.15) is 32.6 Å². The lowest BCUT2D eigenvalue weighted by Gasteiger charge is -2.35. The third-order valence-electron chi connectivity index (χ3n) is 4.18. The van der Waals surface area contributed by atoms with Crippen LogP contribution in [-0.2, 0) is 14.8 Å². The van der Waals surface area contributed by atoms with Crippen molar-refractivity contribution in [2.45, 2.75) is 38.6 Å². The Balaban J connectivity index is 1.80. The summed E-state index contributed by atoms with van der Waals surface area (Å²) in [7, 11) is -3.14. The van der Waals surface area contributed by atoms with Crippen molar-refractivity contribution >= 4 is 15.9 Å². The highest BCUT2D eigenvalue weighted by Crippen LogP contribution is 2.18. The van der Waals surface area contributed by atoms with E-state index in [9.17, 15) is 13.2 Å². The Morgan fingerprint density at radius 3 is 2.55 bits per heavy atom. The molecular formula is C13H25N3O3S. The van der Waals surface area contributed by atoms with Crippen LogP contribution >= 0.6 is 0 Å². The Hall–Kier alpha value is -0.660. The molecular weight excluding hydrogens is 278 g/mol. The van der Waals surface area contributed by atoms with E-state index in [1.165, 1.54) is 0 Å². The summed E-state index contributed by atoms with van der Waals surface area (Å²) in [5.41, 5.74) is 0. The monoisotopic (exact) mass is 303 g/mol. The van der Waals surface area contributed by atoms with Gasteiger partial charge < -0.3 is 10.2 Å². The first-order valence-electron chi connectivity index (χ1n) is 7.51. The Bertz CT molecular complexity index is 424. The number of hydrogen-bond donors (Lipinski definition) is 2. The van der Waals surface area contributed by atoms with Crippen LogP contribution in [0.3, 0.4) is 0 Å². The number of carbonyl (C=O) groups is 1. The van der Waals surface area contributed by atoms with Gasteiger partial charge in [0, 0.05) is 25.7 Å². The Kier molecular flexibility index (Phi) is 5.40. The van der Waals surface area contributed by atoms with Crippen molar-refractivity contribution in [2.75, 3.05) is 31.9 Å². The number of amides is 1. The van der Waals surface area contributed by atoms with Crippen LogP contribution in [0.2, 0.25) is 0 Å². The highest BCUT2D eigenvalue weighted by molar-refractivity contribution is 7.89. The second kappa shape index (κ2) is 6.87. The van der Waals surface area contributed by atoms with Crippen LogP contribution in [0.5, 0.6) is 0 Å². The average molecular weight is 303 g/mol. The summed E-state index contributed by atoms with van der Waals surface area (Å²) in [5, 5.41) is 3.26. The fourth-order valence-electron chi connectivity index (χ4n) is 2.88. The quantitative estimate of drug-likeness (QED) is 0.761. The van der Waals surface area contributed by atoms with Gasteiger partial charge in [0.2, 0.25) is 15.9 Å². The van der Waals surface area contributed by atoms with Gasteiger partial charge in [-0.15, -0.1) is 0 Å². The molecule has 2 aliphatic rings. The first-order valence-corrected chi connectivity index (χ1v) is 9.16. The average Bonchev–Trinajstić information content (AvgIpc) is 2.48. The second-order valence-electron chi connectivity index (χ2n) is 5.66. The fraction of sp³-hybridized carbons (Fsp3) is 0.923. The molecule has 2 aliphatic heterocycles. The summed E-state index contributed by atoms with van der Waals surface area (Å²) >= 11 is 0. The molecule has 2 heterocycles. The molecule has 0 aromatic carbocycles. The van der Waals surface area contributed by atoms with E-state index in [1.807, 2.05) is 4.90 Å². The van der Waals surface area contributed by atoms with E-state index >= 15 is 0 Å². The zero-order chi connectivity index (χ0) is 14.6. The van der Waals surface area contributed by atoms with E-state index in [-0.39, 0.29) is 23.6 Å². The van der Waals surface area contributed by atoms with Crippen molar-refractivity contribution in [1.29, 1.82) is 0 Å². The first-order chi connectivity index (χ1) is 9.52. The van der Waals surface area contributed by atoms with Gasteiger partial charge in [0.05, 0.1) is 11.7 Å². The highest BCUT2D eigenvalue weighted by Gasteiger charge is 2.30. The maximum atomic E-state index is 12.3. The molecule has 1 amide bonds. The van der Waals surface area contributed by atoms with Gasteiger partial charge in [-0.05, 0) is 39.2 Å². The van der Waals surface area contributed by atoms with Gasteiger partial charge in [0.15, 0.2) is 0 Å². The maximum Gasteiger partial charge on any atom is 0.226 e. The molecule has 6 nitrogen and oxygen atoms in total. The van der Waals surface area contributed by atoms with Gasteiger partial charge in [-0.1, -0.05) is 0 Å². The summed E-state index contributed by atoms with van der Waals surface area (Å²) in [6.07, 6.45) is 3.45. The molecule has 0 unspecified atom stereocenters. The molecule has 20 heavy (non-hydrogen) atoms. The summed E-state index contributed by atoms with van der Waals surface area (Å²) in [6, 6.07) is -0.0199. The summed E-state index contributed by atoms with van der Waals surface area (Å²) < 4.78 is 25.8. The van der Waals surface area contributed by atoms with Crippen molar-refractivity contribution in [2.24, 2.45) is 5.92 Å². The number of nitrogens with zero attached hydrogens (tertiary/aromatic N) is 1. The van der Waals surface area contributed by atoms with Crippen LogP contribution in [0, 0.1) is 5.92 Å². The minimum atomic E-state index is -3.14. The predicted octanol–water partition coefficient (Wildman–Crippen LogP) is -0.0837. The molecule has 7 heteroatoms. The number of piperidine rings is 2. The molecule has 116 valence electrons. The molecule has 0 aromatic heterocycles. The number of nitrogens with one attached hydrogen (secondary N) is 2. The normalized spacial score (nSPS) is 25.6. The van der Waals surface area contributed by atoms with Gasteiger partial charge in [-0.2, -0.15) is 0 Å². The van der Waals surface area contributed by atoms with E-state index in [0.29, 0.717) is 25.9 Å². The Morgan fingerprint density at radius 2 is 2.00 bits per heavy atom. The largest absolute Gasteiger partial charge is 0.342 e. The van der Waals surface area contributed by atoms with Crippen molar-refractivity contribution in [1.82, 2.24) is 14.9 Å². The Labute approximate surface area is 121 Å². The molecule has 0 radical (unpaired) electrons. The molecule has 2 N–H and O–H groups in total. The zero-order valence-corrected chi connectivity index (χ0v) is 12.9. The van der Waals surface area contributed by atoms with Crippen molar-refractivity contribution in [3.63, 3.8) is 0 Å². The van der Waals surface area contributed by atoms with E-state index < -0.39 is 10.0 Å². The van der Waals surface area contributed by atoms with Crippen LogP contribution in [-0.4, -0.2) is 57.2 Å². The van der Waals surface area contributed by atoms with Gasteiger partial charge in [-0.25, -0.2) is 13.1 Å². The smallest absolute Gasteiger partial charge is 0.226 e. The predicted molar refractivity (Wildman–Crippen MR) is 77.8 cm³/mol. The molecule has 0 spiro atoms. The number of likely N-dealkylation sites (tertiary alicyclic amines) is 1. The van der Waals surface area contributed by atoms with Gasteiger partial charge in [0.1, 0.15) is 0 Å². The van der Waals surface area contributed by atoms with Gasteiger partial charge in [0.25, 0.3) is 0 Å². The minimum absolute atomic E-state index is 0.0199. The third kappa shape index (κ3) is 4.17. The molecule has 1 atom stereocenters. The van der Waals surface area contributed by atoms with Crippen LogP contribution in [0.15, 0.2) is 0 Å². The SMILES string of the molecule is CCS(=O)(=O)NC1CCN(C(=O)[C@@H]2CCCNC2)CC1. The lowest BCUT2D eigenvalue weighted by Crippen LogP contribution is -2.50. The molecule has 2 fully saturated rings. The molecule has 2 rings (SSSR count). The van der Waals surface area contributed by atoms with Gasteiger partial charge >= 0.3 is 0 Å². The second-order valence-corrected chi connectivity index (χ2v) is 7.71. The highest BCUT2D eigenvalue weighted by atomic mass is 32.2. The van der Waals surface area contributed by atoms with E-state index in [1.54, 1.807) is 6.92 Å². The third-order valence-corrected chi connectivity index (χ3v) is 5.63. The summed E-state index contributed by atoms with van der Waals surface area (Å²) in [5.74, 6) is 0.446. The maximum absolute atomic E-state index is 12.3. The van der Waals surface area contributed by atoms with E-state index in [0.717, 1.165) is 25.9 Å². The molecule has 0 aromatic rings. The van der Waals surface area contributed by atoms with Crippen molar-refractivity contribution in [3.05, 3.63) is 0 Å².